The van der Waals surface area contributed by atoms with Crippen LogP contribution in [0.4, 0.5) is 0 Å². The number of aldehydes is 1. The highest BCUT2D eigenvalue weighted by atomic mass is 16.5. The van der Waals surface area contributed by atoms with Crippen molar-refractivity contribution in [3.63, 3.8) is 0 Å². The second-order valence-electron chi connectivity index (χ2n) is 6.85. The summed E-state index contributed by atoms with van der Waals surface area (Å²) in [5.74, 6) is -1.79. The van der Waals surface area contributed by atoms with Gasteiger partial charge in [-0.2, -0.15) is 0 Å². The molecule has 0 spiro atoms. The zero-order chi connectivity index (χ0) is 22.1. The Hall–Kier alpha value is -3.27. The van der Waals surface area contributed by atoms with E-state index in [0.717, 1.165) is 12.8 Å². The normalized spacial score (nSPS) is 15.9. The van der Waals surface area contributed by atoms with Crippen LogP contribution in [0.15, 0.2) is 18.2 Å². The molecular weight excluding hydrogens is 392 g/mol. The molecule has 10 nitrogen and oxygen atoms in total. The van der Waals surface area contributed by atoms with Crippen molar-refractivity contribution in [2.24, 2.45) is 5.73 Å². The Morgan fingerprint density at radius 2 is 2.10 bits per heavy atom. The molecule has 1 aliphatic rings. The van der Waals surface area contributed by atoms with Crippen molar-refractivity contribution in [3.8, 4) is 5.75 Å². The highest BCUT2D eigenvalue weighted by Crippen LogP contribution is 2.23. The maximum atomic E-state index is 12.9. The lowest BCUT2D eigenvalue weighted by Gasteiger charge is -2.30. The van der Waals surface area contributed by atoms with Crippen molar-refractivity contribution in [2.75, 3.05) is 26.7 Å². The van der Waals surface area contributed by atoms with E-state index in [1.54, 1.807) is 0 Å². The van der Waals surface area contributed by atoms with Crippen molar-refractivity contribution < 1.29 is 28.7 Å². The fourth-order valence-electron chi connectivity index (χ4n) is 3.05. The third-order valence-corrected chi connectivity index (χ3v) is 4.72. The van der Waals surface area contributed by atoms with Crippen molar-refractivity contribution >= 4 is 29.9 Å². The van der Waals surface area contributed by atoms with E-state index in [2.05, 4.69) is 10.6 Å². The minimum Gasteiger partial charge on any atom is -0.483 e. The largest absolute Gasteiger partial charge is 0.483 e. The lowest BCUT2D eigenvalue weighted by Crippen LogP contribution is -2.53. The summed E-state index contributed by atoms with van der Waals surface area (Å²) >= 11 is 0. The molecule has 10 heteroatoms. The fraction of sp³-hybridized carbons (Fsp3) is 0.450. The molecule has 1 aliphatic heterocycles. The maximum Gasteiger partial charge on any atom is 0.257 e. The molecule has 0 aromatic heterocycles. The number of unbranched alkanes of at least 4 members (excludes halogenated alkanes) is 1. The van der Waals surface area contributed by atoms with Crippen LogP contribution >= 0.6 is 0 Å². The molecule has 1 heterocycles. The zero-order valence-electron chi connectivity index (χ0n) is 16.8. The Balaban J connectivity index is 2.07. The Morgan fingerprint density at radius 1 is 1.33 bits per heavy atom. The van der Waals surface area contributed by atoms with E-state index in [4.69, 9.17) is 10.5 Å². The summed E-state index contributed by atoms with van der Waals surface area (Å²) in [5, 5.41) is 4.87. The number of hydrogen-bond donors (Lipinski definition) is 3. The van der Waals surface area contributed by atoms with Gasteiger partial charge in [-0.05, 0) is 37.9 Å². The van der Waals surface area contributed by atoms with E-state index in [-0.39, 0.29) is 48.1 Å². The minimum atomic E-state index is -0.821. The molecule has 0 bridgehead atoms. The quantitative estimate of drug-likeness (QED) is 0.266. The summed E-state index contributed by atoms with van der Waals surface area (Å²) in [4.78, 5) is 61.0. The number of rotatable bonds is 10. The fourth-order valence-corrected chi connectivity index (χ4v) is 3.05. The number of carbonyl (C=O) groups is 5. The molecule has 4 N–H and O–H groups in total. The van der Waals surface area contributed by atoms with Gasteiger partial charge in [0, 0.05) is 20.0 Å². The molecule has 1 atom stereocenters. The first-order valence-electron chi connectivity index (χ1n) is 9.67. The summed E-state index contributed by atoms with van der Waals surface area (Å²) in [5.41, 5.74) is 5.42. The van der Waals surface area contributed by atoms with Crippen LogP contribution in [0.1, 0.15) is 46.4 Å². The Kier molecular flexibility index (Phi) is 8.48. The van der Waals surface area contributed by atoms with Crippen LogP contribution in [0.2, 0.25) is 0 Å². The van der Waals surface area contributed by atoms with E-state index in [9.17, 15) is 24.0 Å². The number of carbonyl (C=O) groups excluding carboxylic acids is 5. The van der Waals surface area contributed by atoms with E-state index in [1.165, 1.54) is 30.1 Å². The van der Waals surface area contributed by atoms with Crippen LogP contribution in [0.5, 0.6) is 5.75 Å². The lowest BCUT2D eigenvalue weighted by atomic mass is 10.0. The number of nitrogens with zero attached hydrogens (tertiary/aromatic N) is 1. The second kappa shape index (κ2) is 11.1. The van der Waals surface area contributed by atoms with Crippen LogP contribution in [0, 0.1) is 0 Å². The van der Waals surface area contributed by atoms with E-state index in [1.807, 2.05) is 0 Å². The van der Waals surface area contributed by atoms with Gasteiger partial charge in [0.2, 0.25) is 11.8 Å². The molecule has 1 fully saturated rings. The number of imide groups is 1. The number of likely N-dealkylation sites (N-methyl/N-ethyl adjacent to an activating group) is 1. The molecule has 30 heavy (non-hydrogen) atoms. The summed E-state index contributed by atoms with van der Waals surface area (Å²) in [6, 6.07) is 3.62. The number of amides is 4. The van der Waals surface area contributed by atoms with Gasteiger partial charge >= 0.3 is 0 Å². The Bertz CT molecular complexity index is 826. The Labute approximate surface area is 174 Å². The van der Waals surface area contributed by atoms with Gasteiger partial charge in [0.05, 0.1) is 11.1 Å². The number of benzene rings is 1. The molecule has 1 aromatic carbocycles. The van der Waals surface area contributed by atoms with Gasteiger partial charge in [0.15, 0.2) is 12.9 Å². The average molecular weight is 418 g/mol. The van der Waals surface area contributed by atoms with Crippen LogP contribution in [0.3, 0.4) is 0 Å². The van der Waals surface area contributed by atoms with Crippen molar-refractivity contribution in [2.45, 2.75) is 31.7 Å². The molecule has 1 saturated heterocycles. The summed E-state index contributed by atoms with van der Waals surface area (Å²) in [6.07, 6.45) is 2.34. The number of hydrogen-bond acceptors (Lipinski definition) is 7. The van der Waals surface area contributed by atoms with Crippen LogP contribution in [0.25, 0.3) is 0 Å². The van der Waals surface area contributed by atoms with Crippen molar-refractivity contribution in [1.82, 2.24) is 15.5 Å². The van der Waals surface area contributed by atoms with Gasteiger partial charge in [0.25, 0.3) is 11.8 Å². The molecule has 1 aromatic rings. The average Bonchev–Trinajstić information content (AvgIpc) is 2.74. The van der Waals surface area contributed by atoms with Crippen molar-refractivity contribution in [3.05, 3.63) is 29.3 Å². The van der Waals surface area contributed by atoms with Gasteiger partial charge in [0.1, 0.15) is 11.8 Å². The first kappa shape index (κ1) is 23.0. The number of piperidine rings is 1. The van der Waals surface area contributed by atoms with Gasteiger partial charge in [-0.15, -0.1) is 0 Å². The van der Waals surface area contributed by atoms with E-state index < -0.39 is 17.9 Å². The van der Waals surface area contributed by atoms with Crippen molar-refractivity contribution in [1.29, 1.82) is 0 Å². The molecule has 0 radical (unpaired) electrons. The Morgan fingerprint density at radius 3 is 2.77 bits per heavy atom. The van der Waals surface area contributed by atoms with Crippen LogP contribution in [-0.2, 0) is 14.4 Å². The number of nitrogens with two attached hydrogens (primary N) is 1. The third kappa shape index (κ3) is 5.86. The van der Waals surface area contributed by atoms with Gasteiger partial charge in [-0.25, -0.2) is 0 Å². The lowest BCUT2D eigenvalue weighted by molar-refractivity contribution is -0.136. The van der Waals surface area contributed by atoms with Crippen LogP contribution < -0.4 is 21.1 Å². The summed E-state index contributed by atoms with van der Waals surface area (Å²) in [6.45, 7) is 0.697. The highest BCUT2D eigenvalue weighted by Gasteiger charge is 2.33. The minimum absolute atomic E-state index is 0.0161. The highest BCUT2D eigenvalue weighted by molar-refractivity contribution is 6.06. The molecule has 1 unspecified atom stereocenters. The van der Waals surface area contributed by atoms with Gasteiger partial charge in [-0.1, -0.05) is 6.07 Å². The molecular formula is C20H26N4O6. The maximum absolute atomic E-state index is 12.9. The first-order valence-corrected chi connectivity index (χ1v) is 9.67. The summed E-state index contributed by atoms with van der Waals surface area (Å²) in [7, 11) is 1.43. The van der Waals surface area contributed by atoms with Gasteiger partial charge < -0.3 is 20.7 Å². The SMILES string of the molecule is CN(C(=O)c1cccc(OCC(=O)NCCCCN)c1C=O)C1CCC(=O)NC1=O. The molecule has 4 amide bonds. The van der Waals surface area contributed by atoms with E-state index >= 15 is 0 Å². The molecule has 0 saturated carbocycles. The monoisotopic (exact) mass is 418 g/mol. The van der Waals surface area contributed by atoms with Crippen LogP contribution in [-0.4, -0.2) is 67.6 Å². The summed E-state index contributed by atoms with van der Waals surface area (Å²) < 4.78 is 5.44. The predicted octanol–water partition coefficient (Wildman–Crippen LogP) is -0.390. The number of ether oxygens (including phenoxy) is 1. The molecule has 2 rings (SSSR count). The zero-order valence-corrected chi connectivity index (χ0v) is 16.8. The smallest absolute Gasteiger partial charge is 0.257 e. The second-order valence-corrected chi connectivity index (χ2v) is 6.85. The number of nitrogens with one attached hydrogen (secondary N) is 2. The molecule has 0 aliphatic carbocycles. The van der Waals surface area contributed by atoms with Gasteiger partial charge in [-0.3, -0.25) is 29.3 Å². The third-order valence-electron chi connectivity index (χ3n) is 4.72. The predicted molar refractivity (Wildman–Crippen MR) is 107 cm³/mol. The van der Waals surface area contributed by atoms with E-state index in [0.29, 0.717) is 19.4 Å². The first-order chi connectivity index (χ1) is 14.4. The molecule has 162 valence electrons. The topological polar surface area (TPSA) is 148 Å². The standard InChI is InChI=1S/C20H26N4O6/c1-24(15-7-8-17(26)23-19(15)28)20(29)13-5-4-6-16(14(13)11-25)30-12-18(27)22-10-3-2-9-21/h4-6,11,15H,2-3,7-10,12,21H2,1H3,(H,22,27)(H,23,26,28).